The molecule has 2 rings (SSSR count). The Morgan fingerprint density at radius 1 is 1.26 bits per heavy atom. The lowest BCUT2D eigenvalue weighted by atomic mass is 10.2. The fourth-order valence-electron chi connectivity index (χ4n) is 1.56. The zero-order valence-corrected chi connectivity index (χ0v) is 12.0. The van der Waals surface area contributed by atoms with Gasteiger partial charge in [0.2, 0.25) is 5.95 Å². The summed E-state index contributed by atoms with van der Waals surface area (Å²) < 4.78 is 23.1. The van der Waals surface area contributed by atoms with E-state index < -0.39 is 9.84 Å². The first kappa shape index (κ1) is 13.8. The summed E-state index contributed by atoms with van der Waals surface area (Å²) in [6.45, 7) is 1.82. The van der Waals surface area contributed by atoms with Crippen molar-refractivity contribution >= 4 is 33.1 Å². The Bertz CT molecular complexity index is 717. The molecule has 0 radical (unpaired) electrons. The van der Waals surface area contributed by atoms with Gasteiger partial charge in [-0.25, -0.2) is 18.4 Å². The van der Waals surface area contributed by atoms with Crippen LogP contribution in [0.3, 0.4) is 0 Å². The summed E-state index contributed by atoms with van der Waals surface area (Å²) in [5.74, 6) is 0.317. The molecule has 19 heavy (non-hydrogen) atoms. The van der Waals surface area contributed by atoms with Crippen LogP contribution in [0.4, 0.5) is 11.6 Å². The second-order valence-electron chi connectivity index (χ2n) is 4.13. The molecule has 1 heterocycles. The van der Waals surface area contributed by atoms with E-state index in [2.05, 4.69) is 15.3 Å². The standard InChI is InChI=1S/C12H12ClN3O2S/c1-8-5-9(7-10(6-8)19(2,17)18)15-12-14-4-3-11(13)16-12/h3-7H,1-2H3,(H,14,15,16). The SMILES string of the molecule is Cc1cc(Nc2nccc(Cl)n2)cc(S(C)(=O)=O)c1. The molecule has 0 saturated carbocycles. The van der Waals surface area contributed by atoms with Crippen LogP contribution < -0.4 is 5.32 Å². The number of halogens is 1. The molecule has 0 fully saturated rings. The molecular weight excluding hydrogens is 286 g/mol. The number of anilines is 2. The second kappa shape index (κ2) is 5.14. The van der Waals surface area contributed by atoms with E-state index in [4.69, 9.17) is 11.6 Å². The topological polar surface area (TPSA) is 72.0 Å². The van der Waals surface area contributed by atoms with E-state index in [1.807, 2.05) is 6.92 Å². The van der Waals surface area contributed by atoms with Crippen LogP contribution in [0.1, 0.15) is 5.56 Å². The zero-order chi connectivity index (χ0) is 14.0. The van der Waals surface area contributed by atoms with Gasteiger partial charge in [-0.05, 0) is 36.8 Å². The maximum atomic E-state index is 11.6. The second-order valence-corrected chi connectivity index (χ2v) is 6.54. The van der Waals surface area contributed by atoms with Gasteiger partial charge in [0.25, 0.3) is 0 Å². The summed E-state index contributed by atoms with van der Waals surface area (Å²) in [6, 6.07) is 6.51. The summed E-state index contributed by atoms with van der Waals surface area (Å²) in [5, 5.41) is 3.24. The molecule has 0 saturated heterocycles. The maximum absolute atomic E-state index is 11.6. The number of aryl methyl sites for hydroxylation is 1. The highest BCUT2D eigenvalue weighted by atomic mass is 35.5. The molecule has 0 aliphatic rings. The quantitative estimate of drug-likeness (QED) is 0.882. The summed E-state index contributed by atoms with van der Waals surface area (Å²) in [5.41, 5.74) is 1.43. The highest BCUT2D eigenvalue weighted by molar-refractivity contribution is 7.90. The number of nitrogens with zero attached hydrogens (tertiary/aromatic N) is 2. The van der Waals surface area contributed by atoms with Crippen molar-refractivity contribution in [3.05, 3.63) is 41.2 Å². The monoisotopic (exact) mass is 297 g/mol. The summed E-state index contributed by atoms with van der Waals surface area (Å²) >= 11 is 5.76. The molecule has 0 unspecified atom stereocenters. The van der Waals surface area contributed by atoms with Crippen LogP contribution in [0.25, 0.3) is 0 Å². The molecule has 100 valence electrons. The van der Waals surface area contributed by atoms with E-state index in [0.29, 0.717) is 16.8 Å². The minimum atomic E-state index is -3.26. The van der Waals surface area contributed by atoms with Crippen molar-refractivity contribution in [2.75, 3.05) is 11.6 Å². The van der Waals surface area contributed by atoms with Crippen LogP contribution in [0.15, 0.2) is 35.4 Å². The zero-order valence-electron chi connectivity index (χ0n) is 10.4. The Morgan fingerprint density at radius 3 is 2.63 bits per heavy atom. The summed E-state index contributed by atoms with van der Waals surface area (Å²) in [7, 11) is -3.26. The van der Waals surface area contributed by atoms with E-state index in [9.17, 15) is 8.42 Å². The molecule has 0 aliphatic carbocycles. The average molecular weight is 298 g/mol. The van der Waals surface area contributed by atoms with Crippen LogP contribution in [0, 0.1) is 6.92 Å². The Balaban J connectivity index is 2.38. The molecule has 2 aromatic rings. The van der Waals surface area contributed by atoms with Crippen molar-refractivity contribution < 1.29 is 8.42 Å². The highest BCUT2D eigenvalue weighted by Crippen LogP contribution is 2.21. The fraction of sp³-hybridized carbons (Fsp3) is 0.167. The van der Waals surface area contributed by atoms with Gasteiger partial charge in [0.05, 0.1) is 4.90 Å². The van der Waals surface area contributed by atoms with Crippen molar-refractivity contribution in [2.45, 2.75) is 11.8 Å². The van der Waals surface area contributed by atoms with E-state index in [-0.39, 0.29) is 4.90 Å². The van der Waals surface area contributed by atoms with E-state index >= 15 is 0 Å². The van der Waals surface area contributed by atoms with Crippen LogP contribution in [0.2, 0.25) is 5.15 Å². The Hall–Kier alpha value is -1.66. The lowest BCUT2D eigenvalue weighted by molar-refractivity contribution is 0.602. The van der Waals surface area contributed by atoms with Gasteiger partial charge >= 0.3 is 0 Å². The van der Waals surface area contributed by atoms with Crippen molar-refractivity contribution in [1.29, 1.82) is 0 Å². The van der Waals surface area contributed by atoms with Crippen molar-refractivity contribution in [3.8, 4) is 0 Å². The molecular formula is C12H12ClN3O2S. The molecule has 5 nitrogen and oxygen atoms in total. The average Bonchev–Trinajstić information content (AvgIpc) is 2.26. The van der Waals surface area contributed by atoms with Gasteiger partial charge in [0.15, 0.2) is 9.84 Å². The van der Waals surface area contributed by atoms with E-state index in [1.54, 1.807) is 18.2 Å². The smallest absolute Gasteiger partial charge is 0.228 e. The number of benzene rings is 1. The first-order chi connectivity index (χ1) is 8.84. The number of nitrogens with one attached hydrogen (secondary N) is 1. The molecule has 0 atom stereocenters. The first-order valence-corrected chi connectivity index (χ1v) is 7.69. The largest absolute Gasteiger partial charge is 0.324 e. The number of hydrogen-bond donors (Lipinski definition) is 1. The lowest BCUT2D eigenvalue weighted by Crippen LogP contribution is -2.01. The fourth-order valence-corrected chi connectivity index (χ4v) is 2.44. The predicted octanol–water partition coefficient (Wildman–Crippen LogP) is 2.59. The first-order valence-electron chi connectivity index (χ1n) is 5.42. The third-order valence-electron chi connectivity index (χ3n) is 2.36. The molecule has 0 amide bonds. The van der Waals surface area contributed by atoms with Gasteiger partial charge in [-0.15, -0.1) is 0 Å². The molecule has 1 aromatic heterocycles. The number of aromatic nitrogens is 2. The van der Waals surface area contributed by atoms with Gasteiger partial charge in [-0.1, -0.05) is 11.6 Å². The third kappa shape index (κ3) is 3.65. The molecule has 0 spiro atoms. The predicted molar refractivity (Wildman–Crippen MR) is 74.6 cm³/mol. The van der Waals surface area contributed by atoms with Crippen LogP contribution >= 0.6 is 11.6 Å². The van der Waals surface area contributed by atoms with Crippen molar-refractivity contribution in [2.24, 2.45) is 0 Å². The Morgan fingerprint density at radius 2 is 2.00 bits per heavy atom. The van der Waals surface area contributed by atoms with Gasteiger partial charge in [-0.3, -0.25) is 0 Å². The van der Waals surface area contributed by atoms with Gasteiger partial charge in [-0.2, -0.15) is 0 Å². The molecule has 1 N–H and O–H groups in total. The number of hydrogen-bond acceptors (Lipinski definition) is 5. The summed E-state index contributed by atoms with van der Waals surface area (Å²) in [6.07, 6.45) is 2.69. The van der Waals surface area contributed by atoms with Crippen molar-refractivity contribution in [3.63, 3.8) is 0 Å². The number of rotatable bonds is 3. The van der Waals surface area contributed by atoms with Crippen LogP contribution in [0.5, 0.6) is 0 Å². The highest BCUT2D eigenvalue weighted by Gasteiger charge is 2.09. The molecule has 7 heteroatoms. The maximum Gasteiger partial charge on any atom is 0.228 e. The van der Waals surface area contributed by atoms with Gasteiger partial charge in [0.1, 0.15) is 5.15 Å². The third-order valence-corrected chi connectivity index (χ3v) is 3.66. The lowest BCUT2D eigenvalue weighted by Gasteiger charge is -2.08. The Labute approximate surface area is 116 Å². The van der Waals surface area contributed by atoms with Gasteiger partial charge < -0.3 is 5.32 Å². The van der Waals surface area contributed by atoms with Crippen LogP contribution in [-0.2, 0) is 9.84 Å². The van der Waals surface area contributed by atoms with E-state index in [0.717, 1.165) is 5.56 Å². The van der Waals surface area contributed by atoms with Crippen molar-refractivity contribution in [1.82, 2.24) is 9.97 Å². The minimum absolute atomic E-state index is 0.247. The molecule has 0 bridgehead atoms. The Kier molecular flexibility index (Phi) is 3.73. The van der Waals surface area contributed by atoms with E-state index in [1.165, 1.54) is 18.5 Å². The normalized spacial score (nSPS) is 11.3. The molecule has 1 aromatic carbocycles. The molecule has 0 aliphatic heterocycles. The number of sulfone groups is 1. The summed E-state index contributed by atoms with van der Waals surface area (Å²) in [4.78, 5) is 8.23. The minimum Gasteiger partial charge on any atom is -0.324 e. The van der Waals surface area contributed by atoms with Crippen LogP contribution in [-0.4, -0.2) is 24.6 Å². The van der Waals surface area contributed by atoms with Gasteiger partial charge in [0, 0.05) is 18.1 Å².